The Morgan fingerprint density at radius 1 is 1.44 bits per heavy atom. The number of ether oxygens (including phenoxy) is 1. The second kappa shape index (κ2) is 6.80. The molecule has 2 aliphatic heterocycles. The molecule has 0 amide bonds. The molecule has 3 atom stereocenters. The molecule has 3 unspecified atom stereocenters. The number of likely N-dealkylation sites (tertiary alicyclic amines) is 1. The van der Waals surface area contributed by atoms with Crippen LogP contribution in [0.25, 0.3) is 0 Å². The van der Waals surface area contributed by atoms with Gasteiger partial charge in [-0.15, -0.1) is 12.4 Å². The molecule has 2 rings (SSSR count). The van der Waals surface area contributed by atoms with E-state index in [0.717, 1.165) is 25.1 Å². The van der Waals surface area contributed by atoms with Gasteiger partial charge in [-0.2, -0.15) is 0 Å². The first-order valence-electron chi connectivity index (χ1n) is 6.35. The molecule has 2 aliphatic rings. The number of rotatable bonds is 4. The summed E-state index contributed by atoms with van der Waals surface area (Å²) in [7, 11) is 0. The van der Waals surface area contributed by atoms with Gasteiger partial charge in [0.25, 0.3) is 0 Å². The Labute approximate surface area is 105 Å². The van der Waals surface area contributed by atoms with Gasteiger partial charge >= 0.3 is 0 Å². The predicted octanol–water partition coefficient (Wildman–Crippen LogP) is 1.65. The van der Waals surface area contributed by atoms with Crippen molar-refractivity contribution in [3.05, 3.63) is 0 Å². The Kier molecular flexibility index (Phi) is 6.05. The summed E-state index contributed by atoms with van der Waals surface area (Å²) in [5.74, 6) is 0.726. The molecule has 0 aromatic rings. The molecule has 96 valence electrons. The minimum atomic E-state index is 0. The van der Waals surface area contributed by atoms with Crippen LogP contribution in [0.15, 0.2) is 0 Å². The highest BCUT2D eigenvalue weighted by Gasteiger charge is 2.28. The highest BCUT2D eigenvalue weighted by Crippen LogP contribution is 2.23. The van der Waals surface area contributed by atoms with Crippen LogP contribution in [0, 0.1) is 5.92 Å². The predicted molar refractivity (Wildman–Crippen MR) is 69.0 cm³/mol. The summed E-state index contributed by atoms with van der Waals surface area (Å²) in [6.07, 6.45) is 5.55. The number of halogens is 1. The molecule has 2 N–H and O–H groups in total. The summed E-state index contributed by atoms with van der Waals surface area (Å²) in [5.41, 5.74) is 5.73. The lowest BCUT2D eigenvalue weighted by Crippen LogP contribution is -2.30. The van der Waals surface area contributed by atoms with E-state index in [2.05, 4.69) is 11.8 Å². The van der Waals surface area contributed by atoms with Gasteiger partial charge in [0.05, 0.1) is 6.10 Å². The van der Waals surface area contributed by atoms with Crippen LogP contribution in [-0.2, 0) is 4.74 Å². The van der Waals surface area contributed by atoms with Gasteiger partial charge in [0.1, 0.15) is 0 Å². The normalized spacial score (nSPS) is 35.2. The van der Waals surface area contributed by atoms with Crippen LogP contribution in [0.1, 0.15) is 32.6 Å². The zero-order valence-electron chi connectivity index (χ0n) is 10.2. The van der Waals surface area contributed by atoms with Gasteiger partial charge in [-0.05, 0) is 45.1 Å². The van der Waals surface area contributed by atoms with Crippen molar-refractivity contribution >= 4 is 12.4 Å². The lowest BCUT2D eigenvalue weighted by Gasteiger charge is -2.22. The molecule has 2 saturated heterocycles. The lowest BCUT2D eigenvalue weighted by molar-refractivity contribution is 0.0908. The fourth-order valence-electron chi connectivity index (χ4n) is 2.88. The average Bonchev–Trinajstić information content (AvgIpc) is 2.84. The Balaban J connectivity index is 0.00000128. The van der Waals surface area contributed by atoms with Crippen molar-refractivity contribution in [1.29, 1.82) is 0 Å². The van der Waals surface area contributed by atoms with Crippen molar-refractivity contribution in [3.8, 4) is 0 Å². The van der Waals surface area contributed by atoms with E-state index in [1.807, 2.05) is 0 Å². The molecule has 16 heavy (non-hydrogen) atoms. The number of hydrogen-bond donors (Lipinski definition) is 1. The summed E-state index contributed by atoms with van der Waals surface area (Å²) >= 11 is 0. The first-order chi connectivity index (χ1) is 7.29. The van der Waals surface area contributed by atoms with E-state index in [1.54, 1.807) is 0 Å². The van der Waals surface area contributed by atoms with Gasteiger partial charge in [0.15, 0.2) is 0 Å². The highest BCUT2D eigenvalue weighted by molar-refractivity contribution is 5.85. The smallest absolute Gasteiger partial charge is 0.0588 e. The molecule has 2 fully saturated rings. The van der Waals surface area contributed by atoms with Crippen LogP contribution in [0.4, 0.5) is 0 Å². The highest BCUT2D eigenvalue weighted by atomic mass is 35.5. The van der Waals surface area contributed by atoms with Gasteiger partial charge < -0.3 is 15.4 Å². The number of nitrogens with two attached hydrogens (primary N) is 1. The van der Waals surface area contributed by atoms with Gasteiger partial charge in [0, 0.05) is 25.7 Å². The maximum atomic E-state index is 5.73. The third kappa shape index (κ3) is 3.59. The largest absolute Gasteiger partial charge is 0.378 e. The standard InChI is InChI=1S/C12H24N2O.ClH/c1-10-7-11(8-13)9-14(10)5-4-12-3-2-6-15-12;/h10-12H,2-9,13H2,1H3;1H. The summed E-state index contributed by atoms with van der Waals surface area (Å²) in [4.78, 5) is 2.58. The fourth-order valence-corrected chi connectivity index (χ4v) is 2.88. The van der Waals surface area contributed by atoms with E-state index in [9.17, 15) is 0 Å². The third-order valence-electron chi connectivity index (χ3n) is 3.89. The van der Waals surface area contributed by atoms with E-state index >= 15 is 0 Å². The van der Waals surface area contributed by atoms with Crippen LogP contribution in [0.2, 0.25) is 0 Å². The topological polar surface area (TPSA) is 38.5 Å². The van der Waals surface area contributed by atoms with Crippen LogP contribution in [0.3, 0.4) is 0 Å². The zero-order valence-corrected chi connectivity index (χ0v) is 11.0. The van der Waals surface area contributed by atoms with Crippen molar-refractivity contribution in [2.75, 3.05) is 26.2 Å². The van der Waals surface area contributed by atoms with Crippen molar-refractivity contribution in [3.63, 3.8) is 0 Å². The van der Waals surface area contributed by atoms with Gasteiger partial charge in [-0.1, -0.05) is 0 Å². The van der Waals surface area contributed by atoms with Crippen LogP contribution in [-0.4, -0.2) is 43.3 Å². The van der Waals surface area contributed by atoms with E-state index in [0.29, 0.717) is 6.10 Å². The molecule has 3 nitrogen and oxygen atoms in total. The maximum absolute atomic E-state index is 5.73. The summed E-state index contributed by atoms with van der Waals surface area (Å²) in [5, 5.41) is 0. The van der Waals surface area contributed by atoms with Crippen LogP contribution >= 0.6 is 12.4 Å². The average molecular weight is 249 g/mol. The number of nitrogens with zero attached hydrogens (tertiary/aromatic N) is 1. The molecule has 4 heteroatoms. The first-order valence-corrected chi connectivity index (χ1v) is 6.35. The second-order valence-electron chi connectivity index (χ2n) is 5.11. The van der Waals surface area contributed by atoms with Crippen LogP contribution in [0.5, 0.6) is 0 Å². The number of hydrogen-bond acceptors (Lipinski definition) is 3. The zero-order chi connectivity index (χ0) is 10.7. The molecule has 0 aromatic heterocycles. The lowest BCUT2D eigenvalue weighted by atomic mass is 10.1. The Morgan fingerprint density at radius 2 is 2.25 bits per heavy atom. The molecule has 2 heterocycles. The summed E-state index contributed by atoms with van der Waals surface area (Å²) in [6, 6.07) is 0.722. The SMILES string of the molecule is CC1CC(CN)CN1CCC1CCCO1.Cl. The molecule has 0 saturated carbocycles. The minimum Gasteiger partial charge on any atom is -0.378 e. The molecule has 0 aliphatic carbocycles. The molecular formula is C12H25ClN2O. The third-order valence-corrected chi connectivity index (χ3v) is 3.89. The molecular weight excluding hydrogens is 224 g/mol. The fraction of sp³-hybridized carbons (Fsp3) is 1.00. The van der Waals surface area contributed by atoms with Crippen molar-refractivity contribution in [1.82, 2.24) is 4.90 Å². The monoisotopic (exact) mass is 248 g/mol. The molecule has 0 bridgehead atoms. The van der Waals surface area contributed by atoms with E-state index in [4.69, 9.17) is 10.5 Å². The van der Waals surface area contributed by atoms with Gasteiger partial charge in [0.2, 0.25) is 0 Å². The summed E-state index contributed by atoms with van der Waals surface area (Å²) in [6.45, 7) is 6.55. The summed E-state index contributed by atoms with van der Waals surface area (Å²) < 4.78 is 5.65. The van der Waals surface area contributed by atoms with E-state index in [1.165, 1.54) is 38.8 Å². The molecule has 0 radical (unpaired) electrons. The van der Waals surface area contributed by atoms with Gasteiger partial charge in [-0.3, -0.25) is 0 Å². The van der Waals surface area contributed by atoms with Crippen molar-refractivity contribution in [2.24, 2.45) is 11.7 Å². The molecule has 0 aromatic carbocycles. The van der Waals surface area contributed by atoms with E-state index in [-0.39, 0.29) is 12.4 Å². The Bertz CT molecular complexity index is 197. The Morgan fingerprint density at radius 3 is 2.81 bits per heavy atom. The van der Waals surface area contributed by atoms with Crippen molar-refractivity contribution in [2.45, 2.75) is 44.8 Å². The first kappa shape index (κ1) is 14.2. The van der Waals surface area contributed by atoms with Gasteiger partial charge in [-0.25, -0.2) is 0 Å². The maximum Gasteiger partial charge on any atom is 0.0588 e. The van der Waals surface area contributed by atoms with E-state index < -0.39 is 0 Å². The molecule has 0 spiro atoms. The second-order valence-corrected chi connectivity index (χ2v) is 5.11. The Hall–Kier alpha value is 0.170. The quantitative estimate of drug-likeness (QED) is 0.822. The minimum absolute atomic E-state index is 0. The van der Waals surface area contributed by atoms with Crippen LogP contribution < -0.4 is 5.73 Å². The van der Waals surface area contributed by atoms with Crippen molar-refractivity contribution < 1.29 is 4.74 Å².